The van der Waals surface area contributed by atoms with Gasteiger partial charge in [0.15, 0.2) is 0 Å². The number of allylic oxidation sites excluding steroid dienone is 1. The number of nitrogens with zero attached hydrogens (tertiary/aromatic N) is 1. The number of halogens is 1. The van der Waals surface area contributed by atoms with Gasteiger partial charge in [-0.2, -0.15) is 0 Å². The number of rotatable bonds is 9. The predicted molar refractivity (Wildman–Crippen MR) is 98.8 cm³/mol. The van der Waals surface area contributed by atoms with Crippen molar-refractivity contribution in [3.05, 3.63) is 66.9 Å². The van der Waals surface area contributed by atoms with E-state index in [1.165, 1.54) is 0 Å². The Bertz CT molecular complexity index is 645. The molecule has 2 nitrogen and oxygen atoms in total. The summed E-state index contributed by atoms with van der Waals surface area (Å²) in [4.78, 5) is 4.28. The summed E-state index contributed by atoms with van der Waals surface area (Å²) in [7, 11) is 0. The van der Waals surface area contributed by atoms with Crippen LogP contribution in [-0.4, -0.2) is 17.8 Å². The third-order valence-corrected chi connectivity index (χ3v) is 3.61. The average Bonchev–Trinajstić information content (AvgIpc) is 2.60. The predicted octanol–water partition coefficient (Wildman–Crippen LogP) is 5.85. The normalized spacial score (nSPS) is 12.2. The molecule has 0 bridgehead atoms. The van der Waals surface area contributed by atoms with E-state index in [0.29, 0.717) is 18.9 Å². The van der Waals surface area contributed by atoms with Gasteiger partial charge in [0, 0.05) is 17.8 Å². The van der Waals surface area contributed by atoms with Crippen LogP contribution in [0.3, 0.4) is 0 Å². The first-order valence-electron chi connectivity index (χ1n) is 8.30. The van der Waals surface area contributed by atoms with E-state index in [1.54, 1.807) is 19.2 Å². The average molecular weight is 325 g/mol. The topological polar surface area (TPSA) is 22.1 Å². The summed E-state index contributed by atoms with van der Waals surface area (Å²) < 4.78 is 18.1. The third-order valence-electron chi connectivity index (χ3n) is 3.61. The first-order chi connectivity index (χ1) is 11.7. The fraction of sp³-hybridized carbons (Fsp3) is 0.286. The summed E-state index contributed by atoms with van der Waals surface area (Å²) in [6.45, 7) is 5.68. The number of ether oxygens (including phenoxy) is 1. The molecule has 126 valence electrons. The van der Waals surface area contributed by atoms with Gasteiger partial charge in [0.2, 0.25) is 5.88 Å². The molecule has 2 rings (SSSR count). The van der Waals surface area contributed by atoms with E-state index < -0.39 is 6.17 Å². The quantitative estimate of drug-likeness (QED) is 0.426. The maximum absolute atomic E-state index is 12.7. The Hall–Kier alpha value is -2.42. The molecule has 0 spiro atoms. The minimum atomic E-state index is -0.708. The molecule has 0 fully saturated rings. The molecule has 0 saturated heterocycles. The van der Waals surface area contributed by atoms with Crippen LogP contribution in [0, 0.1) is 0 Å². The molecule has 0 N–H and O–H groups in total. The van der Waals surface area contributed by atoms with Gasteiger partial charge in [0.05, 0.1) is 6.17 Å². The van der Waals surface area contributed by atoms with Crippen molar-refractivity contribution in [3.8, 4) is 17.0 Å². The molecule has 1 heterocycles. The van der Waals surface area contributed by atoms with E-state index in [2.05, 4.69) is 48.0 Å². The van der Waals surface area contributed by atoms with E-state index in [-0.39, 0.29) is 0 Å². The summed E-state index contributed by atoms with van der Waals surface area (Å²) in [6.07, 6.45) is 9.40. The maximum Gasteiger partial charge on any atom is 0.213 e. The molecule has 1 aromatic carbocycles. The molecule has 24 heavy (non-hydrogen) atoms. The highest BCUT2D eigenvalue weighted by atomic mass is 19.1. The van der Waals surface area contributed by atoms with Gasteiger partial charge in [-0.1, -0.05) is 49.1 Å². The van der Waals surface area contributed by atoms with Crippen LogP contribution in [0.5, 0.6) is 5.88 Å². The lowest BCUT2D eigenvalue weighted by molar-refractivity contribution is 0.335. The van der Waals surface area contributed by atoms with Crippen molar-refractivity contribution in [2.75, 3.05) is 6.61 Å². The number of alkyl halides is 1. The summed E-state index contributed by atoms with van der Waals surface area (Å²) in [6, 6.07) is 12.2. The number of aromatic nitrogens is 1. The van der Waals surface area contributed by atoms with Crippen molar-refractivity contribution in [2.24, 2.45) is 0 Å². The first-order valence-corrected chi connectivity index (χ1v) is 8.30. The summed E-state index contributed by atoms with van der Waals surface area (Å²) >= 11 is 0. The highest BCUT2D eigenvalue weighted by Crippen LogP contribution is 2.21. The third kappa shape index (κ3) is 5.99. The van der Waals surface area contributed by atoms with Crippen LogP contribution in [0.1, 0.15) is 31.7 Å². The molecule has 3 heteroatoms. The monoisotopic (exact) mass is 325 g/mol. The van der Waals surface area contributed by atoms with E-state index >= 15 is 0 Å². The van der Waals surface area contributed by atoms with Crippen LogP contribution in [0.4, 0.5) is 4.39 Å². The van der Waals surface area contributed by atoms with E-state index in [4.69, 9.17) is 4.74 Å². The highest BCUT2D eigenvalue weighted by molar-refractivity contribution is 5.65. The van der Waals surface area contributed by atoms with Crippen molar-refractivity contribution < 1.29 is 9.13 Å². The second kappa shape index (κ2) is 9.66. The molecule has 2 aromatic rings. The lowest BCUT2D eigenvalue weighted by Gasteiger charge is -2.05. The molecule has 0 radical (unpaired) electrons. The zero-order valence-electron chi connectivity index (χ0n) is 14.1. The van der Waals surface area contributed by atoms with Gasteiger partial charge in [-0.15, -0.1) is 0 Å². The molecule has 0 aliphatic heterocycles. The Labute approximate surface area is 143 Å². The minimum absolute atomic E-state index is 0.456. The SMILES string of the molecule is C=CCOc1ccc(-c2ccc(/C=C/CCCC(C)F)cc2)cn1. The van der Waals surface area contributed by atoms with Crippen molar-refractivity contribution >= 4 is 6.08 Å². The van der Waals surface area contributed by atoms with Gasteiger partial charge in [0.25, 0.3) is 0 Å². The molecule has 1 aromatic heterocycles. The zero-order valence-corrected chi connectivity index (χ0v) is 14.1. The number of unbranched alkanes of at least 4 members (excludes halogenated alkanes) is 1. The lowest BCUT2D eigenvalue weighted by Crippen LogP contribution is -1.94. The Kier molecular flexibility index (Phi) is 7.21. The second-order valence-corrected chi connectivity index (χ2v) is 5.72. The van der Waals surface area contributed by atoms with Crippen LogP contribution in [0.2, 0.25) is 0 Å². The molecular formula is C21H24FNO. The molecule has 1 atom stereocenters. The molecule has 0 aliphatic carbocycles. The fourth-order valence-electron chi connectivity index (χ4n) is 2.30. The van der Waals surface area contributed by atoms with Gasteiger partial charge < -0.3 is 4.74 Å². The molecule has 0 amide bonds. The number of benzene rings is 1. The lowest BCUT2D eigenvalue weighted by atomic mass is 10.1. The van der Waals surface area contributed by atoms with Crippen LogP contribution < -0.4 is 4.74 Å². The molecule has 1 unspecified atom stereocenters. The van der Waals surface area contributed by atoms with E-state index in [1.807, 2.05) is 12.1 Å². The Balaban J connectivity index is 1.91. The molecule has 0 saturated carbocycles. The van der Waals surface area contributed by atoms with Crippen molar-refractivity contribution in [3.63, 3.8) is 0 Å². The standard InChI is InChI=1S/C21H24FNO/c1-3-15-24-21-14-13-20(16-23-21)19-11-9-18(10-12-19)8-6-4-5-7-17(2)22/h3,6,8-14,16-17H,1,4-5,7,15H2,2H3/b8-6+. The number of hydrogen-bond acceptors (Lipinski definition) is 2. The van der Waals surface area contributed by atoms with Gasteiger partial charge >= 0.3 is 0 Å². The second-order valence-electron chi connectivity index (χ2n) is 5.72. The zero-order chi connectivity index (χ0) is 17.2. The van der Waals surface area contributed by atoms with Crippen LogP contribution in [-0.2, 0) is 0 Å². The fourth-order valence-corrected chi connectivity index (χ4v) is 2.30. The number of pyridine rings is 1. The van der Waals surface area contributed by atoms with Crippen LogP contribution in [0.25, 0.3) is 17.2 Å². The largest absolute Gasteiger partial charge is 0.473 e. The minimum Gasteiger partial charge on any atom is -0.473 e. The molecular weight excluding hydrogens is 301 g/mol. The van der Waals surface area contributed by atoms with Gasteiger partial charge in [-0.25, -0.2) is 9.37 Å². The maximum atomic E-state index is 12.7. The highest BCUT2D eigenvalue weighted by Gasteiger charge is 2.00. The number of hydrogen-bond donors (Lipinski definition) is 0. The van der Waals surface area contributed by atoms with Crippen LogP contribution >= 0.6 is 0 Å². The Morgan fingerprint density at radius 2 is 1.92 bits per heavy atom. The first kappa shape index (κ1) is 17.9. The van der Waals surface area contributed by atoms with Gasteiger partial charge in [-0.05, 0) is 43.4 Å². The summed E-state index contributed by atoms with van der Waals surface area (Å²) in [5, 5.41) is 0. The van der Waals surface area contributed by atoms with Gasteiger partial charge in [0.1, 0.15) is 6.61 Å². The van der Waals surface area contributed by atoms with E-state index in [0.717, 1.165) is 29.5 Å². The van der Waals surface area contributed by atoms with E-state index in [9.17, 15) is 4.39 Å². The van der Waals surface area contributed by atoms with Crippen molar-refractivity contribution in [1.29, 1.82) is 0 Å². The Morgan fingerprint density at radius 3 is 2.54 bits per heavy atom. The van der Waals surface area contributed by atoms with Gasteiger partial charge in [-0.3, -0.25) is 0 Å². The molecule has 0 aliphatic rings. The van der Waals surface area contributed by atoms with Crippen LogP contribution in [0.15, 0.2) is 61.3 Å². The summed E-state index contributed by atoms with van der Waals surface area (Å²) in [5.74, 6) is 0.598. The summed E-state index contributed by atoms with van der Waals surface area (Å²) in [5.41, 5.74) is 3.31. The smallest absolute Gasteiger partial charge is 0.213 e. The Morgan fingerprint density at radius 1 is 1.17 bits per heavy atom. The van der Waals surface area contributed by atoms with Crippen molar-refractivity contribution in [2.45, 2.75) is 32.4 Å². The van der Waals surface area contributed by atoms with Crippen molar-refractivity contribution in [1.82, 2.24) is 4.98 Å².